The molecule has 2 atom stereocenters. The Labute approximate surface area is 230 Å². The van der Waals surface area contributed by atoms with Crippen LogP contribution in [0, 0.1) is 0 Å². The Bertz CT molecular complexity index is 1460. The lowest BCUT2D eigenvalue weighted by molar-refractivity contribution is -0.130. The van der Waals surface area contributed by atoms with E-state index < -0.39 is 60.2 Å². The molecule has 0 radical (unpaired) electrons. The summed E-state index contributed by atoms with van der Waals surface area (Å²) in [5.41, 5.74) is 5.35. The molecule has 0 saturated carbocycles. The van der Waals surface area contributed by atoms with Gasteiger partial charge >= 0.3 is 0 Å². The number of nitrogens with two attached hydrogens (primary N) is 1. The molecular weight excluding hydrogens is 540 g/mol. The number of hydrogen-bond donors (Lipinski definition) is 4. The normalized spacial score (nSPS) is 19.6. The Kier molecular flexibility index (Phi) is 7.96. The minimum absolute atomic E-state index is 0.144. The molecule has 1 spiro atoms. The van der Waals surface area contributed by atoms with E-state index in [4.69, 9.17) is 5.73 Å². The van der Waals surface area contributed by atoms with Crippen LogP contribution in [0.4, 0.5) is 5.69 Å². The zero-order valence-corrected chi connectivity index (χ0v) is 24.0. The minimum Gasteiger partial charge on any atom is -0.374 e. The van der Waals surface area contributed by atoms with Crippen molar-refractivity contribution in [3.05, 3.63) is 59.7 Å². The SMILES string of the molecule is CC(C)(N)C(=O)NC(CS(=O)(=O)Cc1ccccc1)C(=O)[C@H]1Nc2cccc(S(C)(=O)=O)c2C12CCNCC2. The molecule has 2 aromatic rings. The molecule has 12 heteroatoms. The highest BCUT2D eigenvalue weighted by Crippen LogP contribution is 2.50. The van der Waals surface area contributed by atoms with E-state index in [0.29, 0.717) is 42.7 Å². The molecule has 212 valence electrons. The molecule has 1 fully saturated rings. The number of Topliss-reactive ketones (excluding diaryl/α,β-unsaturated/α-hetero) is 1. The number of anilines is 1. The fourth-order valence-electron chi connectivity index (χ4n) is 5.55. The van der Waals surface area contributed by atoms with E-state index in [9.17, 15) is 26.4 Å². The monoisotopic (exact) mass is 576 g/mol. The van der Waals surface area contributed by atoms with Gasteiger partial charge in [-0.25, -0.2) is 16.8 Å². The Morgan fingerprint density at radius 1 is 1.05 bits per heavy atom. The Morgan fingerprint density at radius 2 is 1.69 bits per heavy atom. The largest absolute Gasteiger partial charge is 0.374 e. The van der Waals surface area contributed by atoms with E-state index in [1.54, 1.807) is 42.5 Å². The summed E-state index contributed by atoms with van der Waals surface area (Å²) in [7, 11) is -7.48. The second kappa shape index (κ2) is 10.6. The van der Waals surface area contributed by atoms with E-state index in [1.165, 1.54) is 19.9 Å². The molecule has 1 unspecified atom stereocenters. The molecule has 0 aromatic heterocycles. The van der Waals surface area contributed by atoms with Gasteiger partial charge in [0.05, 0.1) is 28.0 Å². The number of nitrogens with one attached hydrogen (secondary N) is 3. The van der Waals surface area contributed by atoms with Crippen molar-refractivity contribution in [1.29, 1.82) is 0 Å². The molecule has 1 saturated heterocycles. The van der Waals surface area contributed by atoms with Gasteiger partial charge in [-0.15, -0.1) is 0 Å². The maximum Gasteiger partial charge on any atom is 0.240 e. The second-order valence-corrected chi connectivity index (χ2v) is 15.2. The molecule has 0 aliphatic carbocycles. The number of piperidine rings is 1. The van der Waals surface area contributed by atoms with Crippen molar-refractivity contribution in [1.82, 2.24) is 10.6 Å². The lowest BCUT2D eigenvalue weighted by Gasteiger charge is -2.40. The smallest absolute Gasteiger partial charge is 0.240 e. The maximum atomic E-state index is 14.3. The number of amides is 1. The van der Waals surface area contributed by atoms with Crippen LogP contribution in [-0.2, 0) is 40.4 Å². The van der Waals surface area contributed by atoms with Gasteiger partial charge in [0.15, 0.2) is 25.5 Å². The van der Waals surface area contributed by atoms with Crippen LogP contribution < -0.4 is 21.7 Å². The van der Waals surface area contributed by atoms with Gasteiger partial charge < -0.3 is 21.7 Å². The summed E-state index contributed by atoms with van der Waals surface area (Å²) >= 11 is 0. The summed E-state index contributed by atoms with van der Waals surface area (Å²) in [6.45, 7) is 4.03. The first-order chi connectivity index (χ1) is 18.1. The average molecular weight is 577 g/mol. The van der Waals surface area contributed by atoms with Gasteiger partial charge in [0.1, 0.15) is 6.04 Å². The van der Waals surface area contributed by atoms with Crippen molar-refractivity contribution in [2.24, 2.45) is 5.73 Å². The Balaban J connectivity index is 1.75. The number of fused-ring (bicyclic) bond motifs is 2. The van der Waals surface area contributed by atoms with Crippen molar-refractivity contribution in [3.8, 4) is 0 Å². The van der Waals surface area contributed by atoms with Crippen LogP contribution in [0.3, 0.4) is 0 Å². The summed E-state index contributed by atoms with van der Waals surface area (Å²) in [5, 5.41) is 9.08. The maximum absolute atomic E-state index is 14.3. The predicted molar refractivity (Wildman–Crippen MR) is 150 cm³/mol. The van der Waals surface area contributed by atoms with Crippen LogP contribution >= 0.6 is 0 Å². The minimum atomic E-state index is -3.85. The number of hydrogen-bond acceptors (Lipinski definition) is 9. The summed E-state index contributed by atoms with van der Waals surface area (Å²) < 4.78 is 52.1. The van der Waals surface area contributed by atoms with E-state index in [0.717, 1.165) is 6.26 Å². The summed E-state index contributed by atoms with van der Waals surface area (Å²) in [4.78, 5) is 27.3. The molecular formula is C27H36N4O6S2. The van der Waals surface area contributed by atoms with Crippen molar-refractivity contribution in [3.63, 3.8) is 0 Å². The van der Waals surface area contributed by atoms with Crippen LogP contribution in [0.25, 0.3) is 0 Å². The average Bonchev–Trinajstić information content (AvgIpc) is 3.16. The lowest BCUT2D eigenvalue weighted by Crippen LogP contribution is -2.61. The first-order valence-corrected chi connectivity index (χ1v) is 16.5. The summed E-state index contributed by atoms with van der Waals surface area (Å²) in [6.07, 6.45) is 2.04. The first-order valence-electron chi connectivity index (χ1n) is 12.8. The van der Waals surface area contributed by atoms with Gasteiger partial charge in [-0.05, 0) is 57.5 Å². The standard InChI is InChI=1S/C27H36N4O6S2/c1-26(2,28)25(33)31-20(17-39(36,37)16-18-8-5-4-6-9-18)23(32)24-27(12-14-29-15-13-27)22-19(30-24)10-7-11-21(22)38(3,34)35/h4-11,20,24,29-30H,12-17,28H2,1-3H3,(H,31,33)/t20?,24-/m1/s1. The zero-order valence-electron chi connectivity index (χ0n) is 22.4. The molecule has 0 bridgehead atoms. The van der Waals surface area contributed by atoms with Gasteiger partial charge in [-0.2, -0.15) is 0 Å². The molecule has 1 amide bonds. The second-order valence-electron chi connectivity index (χ2n) is 11.1. The van der Waals surface area contributed by atoms with Crippen LogP contribution in [-0.4, -0.2) is 71.2 Å². The third kappa shape index (κ3) is 6.19. The van der Waals surface area contributed by atoms with Crippen molar-refractivity contribution >= 4 is 37.1 Å². The molecule has 2 aliphatic heterocycles. The van der Waals surface area contributed by atoms with Crippen LogP contribution in [0.1, 0.15) is 37.8 Å². The topological polar surface area (TPSA) is 165 Å². The van der Waals surface area contributed by atoms with Gasteiger partial charge in [0, 0.05) is 22.9 Å². The van der Waals surface area contributed by atoms with Crippen molar-refractivity contribution in [2.75, 3.05) is 30.4 Å². The molecule has 10 nitrogen and oxygen atoms in total. The van der Waals surface area contributed by atoms with Gasteiger partial charge in [-0.1, -0.05) is 36.4 Å². The fourth-order valence-corrected chi connectivity index (χ4v) is 8.13. The van der Waals surface area contributed by atoms with Crippen molar-refractivity contribution in [2.45, 2.75) is 60.4 Å². The molecule has 2 aromatic carbocycles. The van der Waals surface area contributed by atoms with E-state index in [-0.39, 0.29) is 10.6 Å². The molecule has 39 heavy (non-hydrogen) atoms. The van der Waals surface area contributed by atoms with E-state index >= 15 is 0 Å². The third-order valence-electron chi connectivity index (χ3n) is 7.44. The number of sulfone groups is 2. The van der Waals surface area contributed by atoms with E-state index in [1.807, 2.05) is 0 Å². The molecule has 4 rings (SSSR count). The molecule has 5 N–H and O–H groups in total. The Hall–Kier alpha value is -2.80. The predicted octanol–water partition coefficient (Wildman–Crippen LogP) is 0.912. The molecule has 2 heterocycles. The highest BCUT2D eigenvalue weighted by Gasteiger charge is 2.54. The highest BCUT2D eigenvalue weighted by molar-refractivity contribution is 7.91. The number of rotatable bonds is 9. The zero-order chi connectivity index (χ0) is 28.6. The van der Waals surface area contributed by atoms with Crippen LogP contribution in [0.2, 0.25) is 0 Å². The Morgan fingerprint density at radius 3 is 2.28 bits per heavy atom. The quantitative estimate of drug-likeness (QED) is 0.340. The molecule has 2 aliphatic rings. The fraction of sp³-hybridized carbons (Fsp3) is 0.481. The number of carbonyl (C=O) groups is 2. The van der Waals surface area contributed by atoms with Crippen molar-refractivity contribution < 1.29 is 26.4 Å². The van der Waals surface area contributed by atoms with Gasteiger partial charge in [-0.3, -0.25) is 9.59 Å². The van der Waals surface area contributed by atoms with Crippen LogP contribution in [0.5, 0.6) is 0 Å². The van der Waals surface area contributed by atoms with Gasteiger partial charge in [0.2, 0.25) is 5.91 Å². The number of carbonyl (C=O) groups excluding carboxylic acids is 2. The lowest BCUT2D eigenvalue weighted by atomic mass is 9.68. The number of ketones is 1. The van der Waals surface area contributed by atoms with Gasteiger partial charge in [0.25, 0.3) is 0 Å². The summed E-state index contributed by atoms with van der Waals surface area (Å²) in [6, 6.07) is 11.1. The third-order valence-corrected chi connectivity index (χ3v) is 10.2. The van der Waals surface area contributed by atoms with E-state index in [2.05, 4.69) is 16.0 Å². The highest BCUT2D eigenvalue weighted by atomic mass is 32.2. The van der Waals surface area contributed by atoms with Crippen LogP contribution in [0.15, 0.2) is 53.4 Å². The number of benzene rings is 2. The first kappa shape index (κ1) is 29.2. The summed E-state index contributed by atoms with van der Waals surface area (Å²) in [5.74, 6) is -2.11.